The standard InChI is InChI=1S/C16H29N5O2.HI/c1-6-11(3)20-14(22)8-9-18-16(17-7-2)19-10-15-21-12(4)13(5)23-15;/h11H,6-10H2,1-5H3,(H,20,22)(H2,17,18,19);1H. The highest BCUT2D eigenvalue weighted by Gasteiger charge is 2.07. The van der Waals surface area contributed by atoms with Gasteiger partial charge in [-0.3, -0.25) is 4.79 Å². The first-order chi connectivity index (χ1) is 11.0. The largest absolute Gasteiger partial charge is 0.444 e. The summed E-state index contributed by atoms with van der Waals surface area (Å²) < 4.78 is 5.50. The Morgan fingerprint density at radius 1 is 1.29 bits per heavy atom. The predicted octanol–water partition coefficient (Wildman–Crippen LogP) is 2.27. The summed E-state index contributed by atoms with van der Waals surface area (Å²) in [6.45, 7) is 11.5. The van der Waals surface area contributed by atoms with Crippen molar-refractivity contribution in [3.05, 3.63) is 17.3 Å². The summed E-state index contributed by atoms with van der Waals surface area (Å²) in [7, 11) is 0. The Morgan fingerprint density at radius 2 is 2.00 bits per heavy atom. The highest BCUT2D eigenvalue weighted by Crippen LogP contribution is 2.08. The molecule has 24 heavy (non-hydrogen) atoms. The second kappa shape index (κ2) is 12.1. The van der Waals surface area contributed by atoms with Gasteiger partial charge in [0.1, 0.15) is 12.3 Å². The number of oxazole rings is 1. The number of nitrogens with one attached hydrogen (secondary N) is 3. The maximum absolute atomic E-state index is 11.7. The summed E-state index contributed by atoms with van der Waals surface area (Å²) >= 11 is 0. The van der Waals surface area contributed by atoms with Crippen LogP contribution in [0.4, 0.5) is 0 Å². The van der Waals surface area contributed by atoms with Crippen molar-refractivity contribution in [2.45, 2.75) is 60.0 Å². The Labute approximate surface area is 161 Å². The molecule has 0 aliphatic heterocycles. The lowest BCUT2D eigenvalue weighted by Gasteiger charge is -2.13. The Hall–Kier alpha value is -1.32. The summed E-state index contributed by atoms with van der Waals surface area (Å²) in [6, 6.07) is 0.209. The molecule has 1 amide bonds. The number of hydrogen-bond donors (Lipinski definition) is 3. The first-order valence-electron chi connectivity index (χ1n) is 8.20. The normalized spacial score (nSPS) is 12.3. The van der Waals surface area contributed by atoms with Crippen molar-refractivity contribution in [3.8, 4) is 0 Å². The van der Waals surface area contributed by atoms with Crippen molar-refractivity contribution in [2.24, 2.45) is 4.99 Å². The topological polar surface area (TPSA) is 91.6 Å². The van der Waals surface area contributed by atoms with Gasteiger partial charge in [-0.1, -0.05) is 6.92 Å². The monoisotopic (exact) mass is 451 g/mol. The van der Waals surface area contributed by atoms with Crippen molar-refractivity contribution < 1.29 is 9.21 Å². The number of hydrogen-bond acceptors (Lipinski definition) is 4. The van der Waals surface area contributed by atoms with Crippen LogP contribution in [0.15, 0.2) is 9.41 Å². The number of aryl methyl sites for hydroxylation is 2. The van der Waals surface area contributed by atoms with Crippen molar-refractivity contribution in [3.63, 3.8) is 0 Å². The summed E-state index contributed by atoms with van der Waals surface area (Å²) in [6.07, 6.45) is 1.34. The average molecular weight is 451 g/mol. The Morgan fingerprint density at radius 3 is 2.54 bits per heavy atom. The molecule has 0 saturated carbocycles. The molecule has 0 spiro atoms. The van der Waals surface area contributed by atoms with Gasteiger partial charge in [-0.25, -0.2) is 9.98 Å². The minimum atomic E-state index is 0. The van der Waals surface area contributed by atoms with E-state index >= 15 is 0 Å². The van der Waals surface area contributed by atoms with E-state index in [0.29, 0.717) is 31.4 Å². The second-order valence-corrected chi connectivity index (χ2v) is 5.50. The summed E-state index contributed by atoms with van der Waals surface area (Å²) in [5.74, 6) is 2.10. The molecule has 138 valence electrons. The van der Waals surface area contributed by atoms with Crippen LogP contribution in [0.25, 0.3) is 0 Å². The fourth-order valence-corrected chi connectivity index (χ4v) is 1.84. The third-order valence-corrected chi connectivity index (χ3v) is 3.45. The summed E-state index contributed by atoms with van der Waals surface area (Å²) in [5.41, 5.74) is 0.884. The fourth-order valence-electron chi connectivity index (χ4n) is 1.84. The van der Waals surface area contributed by atoms with Gasteiger partial charge in [0.25, 0.3) is 0 Å². The number of nitrogens with zero attached hydrogens (tertiary/aromatic N) is 2. The molecule has 3 N–H and O–H groups in total. The van der Waals surface area contributed by atoms with Crippen molar-refractivity contribution in [1.29, 1.82) is 0 Å². The van der Waals surface area contributed by atoms with E-state index < -0.39 is 0 Å². The van der Waals surface area contributed by atoms with Gasteiger partial charge < -0.3 is 20.4 Å². The first-order valence-corrected chi connectivity index (χ1v) is 8.20. The van der Waals surface area contributed by atoms with Crippen molar-refractivity contribution in [1.82, 2.24) is 20.9 Å². The maximum Gasteiger partial charge on any atom is 0.221 e. The van der Waals surface area contributed by atoms with Gasteiger partial charge in [0.2, 0.25) is 11.8 Å². The van der Waals surface area contributed by atoms with Gasteiger partial charge in [0.05, 0.1) is 5.69 Å². The number of aromatic nitrogens is 1. The maximum atomic E-state index is 11.7. The molecule has 0 radical (unpaired) electrons. The molecular weight excluding hydrogens is 421 g/mol. The zero-order chi connectivity index (χ0) is 17.2. The van der Waals surface area contributed by atoms with Crippen LogP contribution in [0, 0.1) is 13.8 Å². The van der Waals surface area contributed by atoms with Gasteiger partial charge in [0, 0.05) is 25.6 Å². The quantitative estimate of drug-likeness (QED) is 0.321. The number of guanidine groups is 1. The molecule has 1 aromatic heterocycles. The number of halogens is 1. The molecule has 0 aliphatic rings. The Kier molecular flexibility index (Phi) is 11.4. The summed E-state index contributed by atoms with van der Waals surface area (Å²) in [5, 5.41) is 9.22. The van der Waals surface area contributed by atoms with E-state index in [9.17, 15) is 4.79 Å². The molecular formula is C16H30IN5O2. The van der Waals surface area contributed by atoms with Crippen LogP contribution < -0.4 is 16.0 Å². The Bertz CT molecular complexity index is 511. The number of rotatable bonds is 8. The first kappa shape index (κ1) is 22.7. The molecule has 0 saturated heterocycles. The Balaban J connectivity index is 0.00000529. The minimum absolute atomic E-state index is 0. The molecule has 0 aromatic carbocycles. The highest BCUT2D eigenvalue weighted by molar-refractivity contribution is 14.0. The van der Waals surface area contributed by atoms with E-state index in [0.717, 1.165) is 24.4 Å². The molecule has 0 fully saturated rings. The van der Waals surface area contributed by atoms with Crippen LogP contribution in [-0.2, 0) is 11.3 Å². The van der Waals surface area contributed by atoms with Crippen LogP contribution in [0.2, 0.25) is 0 Å². The van der Waals surface area contributed by atoms with Gasteiger partial charge in [0.15, 0.2) is 5.96 Å². The number of amides is 1. The summed E-state index contributed by atoms with van der Waals surface area (Å²) in [4.78, 5) is 20.5. The molecule has 1 aromatic rings. The molecule has 7 nitrogen and oxygen atoms in total. The number of carbonyl (C=O) groups is 1. The third-order valence-electron chi connectivity index (χ3n) is 3.45. The molecule has 0 bridgehead atoms. The van der Waals surface area contributed by atoms with Gasteiger partial charge in [-0.05, 0) is 34.1 Å². The van der Waals surface area contributed by atoms with Crippen LogP contribution in [0.3, 0.4) is 0 Å². The van der Waals surface area contributed by atoms with E-state index in [2.05, 4.69) is 25.9 Å². The predicted molar refractivity (Wildman–Crippen MR) is 107 cm³/mol. The highest BCUT2D eigenvalue weighted by atomic mass is 127. The molecule has 1 unspecified atom stereocenters. The number of carbonyl (C=O) groups excluding carboxylic acids is 1. The smallest absolute Gasteiger partial charge is 0.221 e. The third kappa shape index (κ3) is 8.51. The van der Waals surface area contributed by atoms with E-state index in [1.54, 1.807) is 0 Å². The molecule has 0 aliphatic carbocycles. The van der Waals surface area contributed by atoms with Crippen LogP contribution >= 0.6 is 24.0 Å². The average Bonchev–Trinajstić information content (AvgIpc) is 2.83. The lowest BCUT2D eigenvalue weighted by molar-refractivity contribution is -0.121. The second-order valence-electron chi connectivity index (χ2n) is 5.50. The van der Waals surface area contributed by atoms with Crippen LogP contribution in [-0.4, -0.2) is 36.0 Å². The van der Waals surface area contributed by atoms with E-state index in [-0.39, 0.29) is 35.9 Å². The minimum Gasteiger partial charge on any atom is -0.444 e. The van der Waals surface area contributed by atoms with Crippen LogP contribution in [0.1, 0.15) is 51.0 Å². The van der Waals surface area contributed by atoms with Gasteiger partial charge >= 0.3 is 0 Å². The SMILES string of the molecule is CCNC(=NCc1nc(C)c(C)o1)NCCC(=O)NC(C)CC.I. The lowest BCUT2D eigenvalue weighted by Crippen LogP contribution is -2.40. The van der Waals surface area contributed by atoms with E-state index in [1.165, 1.54) is 0 Å². The van der Waals surface area contributed by atoms with E-state index in [1.807, 2.05) is 34.6 Å². The lowest BCUT2D eigenvalue weighted by atomic mass is 10.2. The van der Waals surface area contributed by atoms with Gasteiger partial charge in [-0.15, -0.1) is 24.0 Å². The molecule has 1 atom stereocenters. The fraction of sp³-hybridized carbons (Fsp3) is 0.688. The number of aliphatic imine (C=N–C) groups is 1. The molecule has 8 heteroatoms. The zero-order valence-electron chi connectivity index (χ0n) is 15.2. The van der Waals surface area contributed by atoms with Crippen LogP contribution in [0.5, 0.6) is 0 Å². The van der Waals surface area contributed by atoms with Crippen molar-refractivity contribution in [2.75, 3.05) is 13.1 Å². The zero-order valence-corrected chi connectivity index (χ0v) is 17.6. The van der Waals surface area contributed by atoms with Gasteiger partial charge in [-0.2, -0.15) is 0 Å². The molecule has 1 rings (SSSR count). The van der Waals surface area contributed by atoms with E-state index in [4.69, 9.17) is 4.42 Å². The van der Waals surface area contributed by atoms with Crippen molar-refractivity contribution >= 4 is 35.8 Å². The molecule has 1 heterocycles.